The fourth-order valence-corrected chi connectivity index (χ4v) is 6.14. The van der Waals surface area contributed by atoms with Gasteiger partial charge >= 0.3 is 0 Å². The molecular formula is C25H29N5O2S2. The number of thiophene rings is 1. The van der Waals surface area contributed by atoms with Gasteiger partial charge in [-0.1, -0.05) is 37.2 Å². The molecule has 0 unspecified atom stereocenters. The van der Waals surface area contributed by atoms with Gasteiger partial charge in [0.1, 0.15) is 23.4 Å². The van der Waals surface area contributed by atoms with Crippen LogP contribution >= 0.6 is 23.1 Å². The number of carbonyl (C=O) groups excluding carboxylic acids is 1. The zero-order valence-electron chi connectivity index (χ0n) is 19.6. The molecule has 7 nitrogen and oxygen atoms in total. The number of nitrogens with zero attached hydrogens (tertiary/aromatic N) is 4. The number of nitrogens with one attached hydrogen (secondary N) is 1. The number of amides is 1. The molecule has 2 aromatic heterocycles. The van der Waals surface area contributed by atoms with Gasteiger partial charge in [-0.25, -0.2) is 0 Å². The van der Waals surface area contributed by atoms with Crippen LogP contribution in [-0.2, 0) is 37.2 Å². The highest BCUT2D eigenvalue weighted by molar-refractivity contribution is 7.99. The van der Waals surface area contributed by atoms with Crippen LogP contribution in [0, 0.1) is 11.3 Å². The van der Waals surface area contributed by atoms with Crippen molar-refractivity contribution in [2.24, 2.45) is 0 Å². The van der Waals surface area contributed by atoms with Crippen molar-refractivity contribution in [3.05, 3.63) is 51.7 Å². The first-order valence-electron chi connectivity index (χ1n) is 11.7. The number of anilines is 1. The van der Waals surface area contributed by atoms with Crippen molar-refractivity contribution in [3.63, 3.8) is 0 Å². The third-order valence-electron chi connectivity index (χ3n) is 5.93. The molecule has 1 amide bonds. The van der Waals surface area contributed by atoms with Crippen LogP contribution in [0.15, 0.2) is 29.4 Å². The zero-order chi connectivity index (χ0) is 23.9. The second kappa shape index (κ2) is 11.5. The number of fused-ring (bicyclic) bond motifs is 1. The minimum absolute atomic E-state index is 0.141. The van der Waals surface area contributed by atoms with Crippen molar-refractivity contribution >= 4 is 34.0 Å². The number of thioether (sulfide) groups is 1. The third-order valence-corrected chi connectivity index (χ3v) is 8.10. The summed E-state index contributed by atoms with van der Waals surface area (Å²) < 4.78 is 7.85. The lowest BCUT2D eigenvalue weighted by Gasteiger charge is -2.09. The van der Waals surface area contributed by atoms with Crippen molar-refractivity contribution < 1.29 is 9.53 Å². The molecule has 3 aromatic rings. The summed E-state index contributed by atoms with van der Waals surface area (Å²) in [6.45, 7) is 5.13. The van der Waals surface area contributed by atoms with Gasteiger partial charge in [0.15, 0.2) is 11.0 Å². The topological polar surface area (TPSA) is 92.8 Å². The number of hydrogen-bond acceptors (Lipinski definition) is 7. The first kappa shape index (κ1) is 24.3. The van der Waals surface area contributed by atoms with Gasteiger partial charge in [0.25, 0.3) is 0 Å². The summed E-state index contributed by atoms with van der Waals surface area (Å²) in [6, 6.07) is 10.4. The molecule has 0 saturated carbocycles. The second-order valence-corrected chi connectivity index (χ2v) is 10.2. The number of carbonyl (C=O) groups is 1. The summed E-state index contributed by atoms with van der Waals surface area (Å²) in [5.74, 6) is 1.57. The van der Waals surface area contributed by atoms with Crippen LogP contribution in [-0.4, -0.2) is 26.4 Å². The number of ether oxygens (including phenoxy) is 1. The maximum absolute atomic E-state index is 12.7. The summed E-state index contributed by atoms with van der Waals surface area (Å²) in [7, 11) is 0. The van der Waals surface area contributed by atoms with Gasteiger partial charge in [0.2, 0.25) is 5.91 Å². The molecule has 0 fully saturated rings. The molecule has 34 heavy (non-hydrogen) atoms. The number of benzene rings is 1. The molecular weight excluding hydrogens is 466 g/mol. The third kappa shape index (κ3) is 5.62. The fraction of sp³-hybridized carbons (Fsp3) is 0.440. The Morgan fingerprint density at radius 2 is 2.00 bits per heavy atom. The predicted molar refractivity (Wildman–Crippen MR) is 135 cm³/mol. The fourth-order valence-electron chi connectivity index (χ4n) is 4.06. The smallest absolute Gasteiger partial charge is 0.235 e. The molecule has 1 aliphatic carbocycles. The summed E-state index contributed by atoms with van der Waals surface area (Å²) >= 11 is 2.90. The molecule has 0 radical (unpaired) electrons. The van der Waals surface area contributed by atoms with Crippen LogP contribution in [0.5, 0.6) is 5.75 Å². The van der Waals surface area contributed by atoms with Crippen molar-refractivity contribution in [1.82, 2.24) is 14.8 Å². The number of rotatable bonds is 9. The molecule has 4 rings (SSSR count). The predicted octanol–water partition coefficient (Wildman–Crippen LogP) is 5.37. The van der Waals surface area contributed by atoms with Crippen LogP contribution in [0.1, 0.15) is 60.5 Å². The van der Waals surface area contributed by atoms with Gasteiger partial charge < -0.3 is 14.6 Å². The lowest BCUT2D eigenvalue weighted by molar-refractivity contribution is -0.113. The van der Waals surface area contributed by atoms with Gasteiger partial charge in [-0.05, 0) is 62.3 Å². The lowest BCUT2D eigenvalue weighted by Crippen LogP contribution is -2.15. The minimum Gasteiger partial charge on any atom is -0.486 e. The van der Waals surface area contributed by atoms with Gasteiger partial charge in [-0.3, -0.25) is 4.79 Å². The monoisotopic (exact) mass is 495 g/mol. The van der Waals surface area contributed by atoms with E-state index in [0.717, 1.165) is 49.2 Å². The minimum atomic E-state index is -0.141. The van der Waals surface area contributed by atoms with Crippen molar-refractivity contribution in [2.75, 3.05) is 11.1 Å². The molecule has 0 aliphatic heterocycles. The molecule has 0 saturated heterocycles. The Bertz CT molecular complexity index is 1180. The number of aromatic nitrogens is 3. The Morgan fingerprint density at radius 3 is 2.74 bits per heavy atom. The number of aryl methyl sites for hydroxylation is 2. The Balaban J connectivity index is 1.36. The maximum Gasteiger partial charge on any atom is 0.235 e. The molecule has 0 spiro atoms. The molecule has 0 bridgehead atoms. The molecule has 2 heterocycles. The average molecular weight is 496 g/mol. The normalized spacial score (nSPS) is 13.1. The van der Waals surface area contributed by atoms with Gasteiger partial charge in [0, 0.05) is 11.4 Å². The molecule has 9 heteroatoms. The molecule has 1 aliphatic rings. The highest BCUT2D eigenvalue weighted by atomic mass is 32.2. The van der Waals surface area contributed by atoms with E-state index in [2.05, 4.69) is 40.6 Å². The standard InChI is InChI=1S/C25H29N5O2S2/c1-3-17-10-12-18(13-11-17)32-15-22-28-29-25(30(22)4-2)33-16-23(31)27-24-20(14-26)19-8-6-5-7-9-21(19)34-24/h10-13H,3-9,15-16H2,1-2H3,(H,27,31). The van der Waals surface area contributed by atoms with Crippen LogP contribution in [0.3, 0.4) is 0 Å². The molecule has 1 aromatic carbocycles. The van der Waals surface area contributed by atoms with E-state index in [9.17, 15) is 10.1 Å². The highest BCUT2D eigenvalue weighted by Gasteiger charge is 2.21. The number of hydrogen-bond donors (Lipinski definition) is 1. The SMILES string of the molecule is CCc1ccc(OCc2nnc(SCC(=O)Nc3sc4c(c3C#N)CCCCC4)n2CC)cc1. The van der Waals surface area contributed by atoms with E-state index in [1.54, 1.807) is 11.3 Å². The van der Waals surface area contributed by atoms with E-state index >= 15 is 0 Å². The Kier molecular flexibility index (Phi) is 8.25. The van der Waals surface area contributed by atoms with E-state index in [4.69, 9.17) is 4.74 Å². The van der Waals surface area contributed by atoms with Gasteiger partial charge in [-0.15, -0.1) is 21.5 Å². The van der Waals surface area contributed by atoms with Gasteiger partial charge in [0.05, 0.1) is 11.3 Å². The Labute approximate surface area is 208 Å². The Hall–Kier alpha value is -2.83. The van der Waals surface area contributed by atoms with E-state index in [1.807, 2.05) is 23.6 Å². The van der Waals surface area contributed by atoms with Crippen LogP contribution in [0.2, 0.25) is 0 Å². The van der Waals surface area contributed by atoms with E-state index in [0.29, 0.717) is 28.9 Å². The summed E-state index contributed by atoms with van der Waals surface area (Å²) in [4.78, 5) is 13.9. The summed E-state index contributed by atoms with van der Waals surface area (Å²) in [6.07, 6.45) is 6.35. The molecule has 1 N–H and O–H groups in total. The molecule has 178 valence electrons. The maximum atomic E-state index is 12.7. The van der Waals surface area contributed by atoms with Crippen LogP contribution in [0.4, 0.5) is 5.00 Å². The van der Waals surface area contributed by atoms with E-state index in [-0.39, 0.29) is 11.7 Å². The largest absolute Gasteiger partial charge is 0.486 e. The summed E-state index contributed by atoms with van der Waals surface area (Å²) in [5, 5.41) is 22.5. The first-order chi connectivity index (χ1) is 16.6. The number of nitriles is 1. The van der Waals surface area contributed by atoms with Crippen LogP contribution < -0.4 is 10.1 Å². The van der Waals surface area contributed by atoms with E-state index in [1.165, 1.54) is 28.6 Å². The van der Waals surface area contributed by atoms with Crippen molar-refractivity contribution in [2.45, 2.75) is 70.7 Å². The Morgan fingerprint density at radius 1 is 1.21 bits per heavy atom. The van der Waals surface area contributed by atoms with Crippen LogP contribution in [0.25, 0.3) is 0 Å². The zero-order valence-corrected chi connectivity index (χ0v) is 21.2. The second-order valence-electron chi connectivity index (χ2n) is 8.15. The highest BCUT2D eigenvalue weighted by Crippen LogP contribution is 2.37. The first-order valence-corrected chi connectivity index (χ1v) is 13.5. The van der Waals surface area contributed by atoms with E-state index < -0.39 is 0 Å². The lowest BCUT2D eigenvalue weighted by atomic mass is 10.1. The van der Waals surface area contributed by atoms with Crippen molar-refractivity contribution in [1.29, 1.82) is 5.26 Å². The van der Waals surface area contributed by atoms with Gasteiger partial charge in [-0.2, -0.15) is 5.26 Å². The quantitative estimate of drug-likeness (QED) is 0.317. The van der Waals surface area contributed by atoms with Crippen molar-refractivity contribution in [3.8, 4) is 11.8 Å². The summed E-state index contributed by atoms with van der Waals surface area (Å²) in [5.41, 5.74) is 3.04. The average Bonchev–Trinajstić information content (AvgIpc) is 3.32. The molecule has 0 atom stereocenters.